The van der Waals surface area contributed by atoms with Crippen LogP contribution in [0.15, 0.2) is 4.99 Å². The lowest BCUT2D eigenvalue weighted by Gasteiger charge is -2.21. The summed E-state index contributed by atoms with van der Waals surface area (Å²) in [5.41, 5.74) is 0. The molecule has 0 aliphatic carbocycles. The quantitative estimate of drug-likeness (QED) is 0.446. The predicted octanol–water partition coefficient (Wildman–Crippen LogP) is 0.824. The van der Waals surface area contributed by atoms with Gasteiger partial charge in [-0.15, -0.1) is 0 Å². The summed E-state index contributed by atoms with van der Waals surface area (Å²) >= 11 is 0. The van der Waals surface area contributed by atoms with Gasteiger partial charge >= 0.3 is 0 Å². The summed E-state index contributed by atoms with van der Waals surface area (Å²) in [6.45, 7) is 2.80. The highest BCUT2D eigenvalue weighted by Gasteiger charge is 2.14. The molecular weight excluding hydrogens is 90.1 g/mol. The molecule has 2 heteroatoms. The van der Waals surface area contributed by atoms with Gasteiger partial charge in [0, 0.05) is 6.42 Å². The predicted molar refractivity (Wildman–Crippen MR) is 28.5 cm³/mol. The van der Waals surface area contributed by atoms with Crippen LogP contribution in [0.25, 0.3) is 0 Å². The number of hydrogen-bond acceptors (Lipinski definition) is 2. The van der Waals surface area contributed by atoms with Crippen LogP contribution in [0.3, 0.4) is 0 Å². The molecule has 0 saturated carbocycles. The van der Waals surface area contributed by atoms with Gasteiger partial charge in [0.1, 0.15) is 6.23 Å². The van der Waals surface area contributed by atoms with Crippen LogP contribution in [0, 0.1) is 0 Å². The first-order chi connectivity index (χ1) is 3.43. The van der Waals surface area contributed by atoms with Gasteiger partial charge in [-0.05, 0) is 13.1 Å². The molecule has 0 amide bonds. The Hall–Kier alpha value is -0.370. The molecule has 0 bridgehead atoms. The second-order valence-corrected chi connectivity index (χ2v) is 1.52. The zero-order valence-electron chi connectivity index (χ0n) is 4.42. The van der Waals surface area contributed by atoms with Crippen molar-refractivity contribution in [2.24, 2.45) is 4.99 Å². The molecule has 1 heterocycles. The Morgan fingerprint density at radius 3 is 2.71 bits per heavy atom. The molecule has 40 valence electrons. The lowest BCUT2D eigenvalue weighted by Crippen LogP contribution is -2.24. The van der Waals surface area contributed by atoms with Crippen molar-refractivity contribution in [3.05, 3.63) is 0 Å². The standard InChI is InChI=1S/C5H9NO/c1-2-6-5-3-4-7-5/h2,5H,3-4H2,1H3. The van der Waals surface area contributed by atoms with Gasteiger partial charge in [0.05, 0.1) is 6.61 Å². The SMILES string of the molecule is CC=NC1CCO1. The van der Waals surface area contributed by atoms with E-state index >= 15 is 0 Å². The Balaban J connectivity index is 2.14. The minimum absolute atomic E-state index is 0.199. The lowest BCUT2D eigenvalue weighted by molar-refractivity contribution is -0.0434. The Labute approximate surface area is 43.2 Å². The first-order valence-electron chi connectivity index (χ1n) is 2.53. The highest BCUT2D eigenvalue weighted by atomic mass is 16.5. The first-order valence-corrected chi connectivity index (χ1v) is 2.53. The maximum absolute atomic E-state index is 4.97. The van der Waals surface area contributed by atoms with Gasteiger partial charge in [-0.2, -0.15) is 0 Å². The van der Waals surface area contributed by atoms with Crippen LogP contribution in [0.1, 0.15) is 13.3 Å². The molecular formula is C5H9NO. The molecule has 1 aliphatic rings. The first kappa shape index (κ1) is 4.78. The van der Waals surface area contributed by atoms with E-state index in [1.165, 1.54) is 0 Å². The van der Waals surface area contributed by atoms with E-state index in [0.29, 0.717) is 0 Å². The van der Waals surface area contributed by atoms with Crippen LogP contribution in [-0.4, -0.2) is 19.0 Å². The largest absolute Gasteiger partial charge is 0.356 e. The third-order valence-corrected chi connectivity index (χ3v) is 0.990. The Morgan fingerprint density at radius 1 is 1.86 bits per heavy atom. The lowest BCUT2D eigenvalue weighted by atomic mass is 10.3. The van der Waals surface area contributed by atoms with Crippen molar-refractivity contribution >= 4 is 6.21 Å². The molecule has 0 aromatic heterocycles. The molecule has 0 aromatic rings. The fourth-order valence-electron chi connectivity index (χ4n) is 0.507. The Bertz CT molecular complexity index is 76.1. The van der Waals surface area contributed by atoms with Crippen molar-refractivity contribution in [2.75, 3.05) is 6.61 Å². The van der Waals surface area contributed by atoms with E-state index in [-0.39, 0.29) is 6.23 Å². The average molecular weight is 99.1 g/mol. The molecule has 1 unspecified atom stereocenters. The number of ether oxygens (including phenoxy) is 1. The molecule has 0 spiro atoms. The minimum Gasteiger partial charge on any atom is -0.356 e. The fraction of sp³-hybridized carbons (Fsp3) is 0.800. The molecule has 1 fully saturated rings. The summed E-state index contributed by atoms with van der Waals surface area (Å²) < 4.78 is 4.97. The maximum Gasteiger partial charge on any atom is 0.150 e. The Kier molecular flexibility index (Phi) is 1.42. The van der Waals surface area contributed by atoms with Crippen LogP contribution < -0.4 is 0 Å². The monoisotopic (exact) mass is 99.1 g/mol. The Morgan fingerprint density at radius 2 is 2.57 bits per heavy atom. The summed E-state index contributed by atoms with van der Waals surface area (Å²) in [7, 11) is 0. The minimum atomic E-state index is 0.199. The molecule has 1 saturated heterocycles. The van der Waals surface area contributed by atoms with Gasteiger partial charge in [0.25, 0.3) is 0 Å². The summed E-state index contributed by atoms with van der Waals surface area (Å²) in [5, 5.41) is 0. The molecule has 2 nitrogen and oxygen atoms in total. The average Bonchev–Trinajstić information content (AvgIpc) is 1.55. The maximum atomic E-state index is 4.97. The van der Waals surface area contributed by atoms with Crippen molar-refractivity contribution in [3.8, 4) is 0 Å². The van der Waals surface area contributed by atoms with Crippen LogP contribution in [0.4, 0.5) is 0 Å². The van der Waals surface area contributed by atoms with Crippen LogP contribution in [0.5, 0.6) is 0 Å². The van der Waals surface area contributed by atoms with Gasteiger partial charge < -0.3 is 4.74 Å². The third-order valence-electron chi connectivity index (χ3n) is 0.990. The number of nitrogens with zero attached hydrogens (tertiary/aromatic N) is 1. The van der Waals surface area contributed by atoms with E-state index in [1.54, 1.807) is 6.21 Å². The highest BCUT2D eigenvalue weighted by molar-refractivity contribution is 5.53. The van der Waals surface area contributed by atoms with Gasteiger partial charge in [0.2, 0.25) is 0 Å². The van der Waals surface area contributed by atoms with E-state index in [2.05, 4.69) is 4.99 Å². The van der Waals surface area contributed by atoms with Crippen LogP contribution >= 0.6 is 0 Å². The third kappa shape index (κ3) is 0.996. The molecule has 0 N–H and O–H groups in total. The normalized spacial score (nSPS) is 30.7. The smallest absolute Gasteiger partial charge is 0.150 e. The molecule has 0 aromatic carbocycles. The summed E-state index contributed by atoms with van der Waals surface area (Å²) in [5.74, 6) is 0. The highest BCUT2D eigenvalue weighted by Crippen LogP contribution is 2.10. The van der Waals surface area contributed by atoms with E-state index in [9.17, 15) is 0 Å². The molecule has 1 rings (SSSR count). The topological polar surface area (TPSA) is 21.6 Å². The van der Waals surface area contributed by atoms with Crippen LogP contribution in [0.2, 0.25) is 0 Å². The summed E-state index contributed by atoms with van der Waals surface area (Å²) in [6.07, 6.45) is 3.08. The molecule has 7 heavy (non-hydrogen) atoms. The number of hydrogen-bond donors (Lipinski definition) is 0. The van der Waals surface area contributed by atoms with Crippen molar-refractivity contribution in [1.82, 2.24) is 0 Å². The van der Waals surface area contributed by atoms with Crippen molar-refractivity contribution < 1.29 is 4.74 Å². The van der Waals surface area contributed by atoms with Gasteiger partial charge in [0.15, 0.2) is 0 Å². The van der Waals surface area contributed by atoms with E-state index in [1.807, 2.05) is 6.92 Å². The summed E-state index contributed by atoms with van der Waals surface area (Å²) in [6, 6.07) is 0. The van der Waals surface area contributed by atoms with Crippen molar-refractivity contribution in [3.63, 3.8) is 0 Å². The van der Waals surface area contributed by atoms with Gasteiger partial charge in [-0.3, -0.25) is 4.99 Å². The molecule has 1 atom stereocenters. The van der Waals surface area contributed by atoms with E-state index in [0.717, 1.165) is 13.0 Å². The van der Waals surface area contributed by atoms with E-state index in [4.69, 9.17) is 4.74 Å². The molecule has 0 radical (unpaired) electrons. The van der Waals surface area contributed by atoms with E-state index < -0.39 is 0 Å². The van der Waals surface area contributed by atoms with Crippen LogP contribution in [-0.2, 0) is 4.74 Å². The number of aliphatic imine (C=N–C) groups is 1. The molecule has 1 aliphatic heterocycles. The zero-order valence-corrected chi connectivity index (χ0v) is 4.42. The fourth-order valence-corrected chi connectivity index (χ4v) is 0.507. The van der Waals surface area contributed by atoms with Gasteiger partial charge in [-0.1, -0.05) is 0 Å². The van der Waals surface area contributed by atoms with Gasteiger partial charge in [-0.25, -0.2) is 0 Å². The summed E-state index contributed by atoms with van der Waals surface area (Å²) in [4.78, 5) is 3.98. The second kappa shape index (κ2) is 2.07. The zero-order chi connectivity index (χ0) is 5.11. The van der Waals surface area contributed by atoms with Crippen molar-refractivity contribution in [1.29, 1.82) is 0 Å². The number of rotatable bonds is 1. The van der Waals surface area contributed by atoms with Crippen molar-refractivity contribution in [2.45, 2.75) is 19.6 Å². The second-order valence-electron chi connectivity index (χ2n) is 1.52.